The van der Waals surface area contributed by atoms with E-state index in [0.29, 0.717) is 26.1 Å². The number of ether oxygens (including phenoxy) is 2. The van der Waals surface area contributed by atoms with Crippen LogP contribution in [0.1, 0.15) is 31.2 Å². The van der Waals surface area contributed by atoms with Crippen LogP contribution in [0.5, 0.6) is 11.5 Å². The normalized spacial score (nSPS) is 19.1. The van der Waals surface area contributed by atoms with Gasteiger partial charge in [0.15, 0.2) is 11.5 Å². The third-order valence-electron chi connectivity index (χ3n) is 4.04. The van der Waals surface area contributed by atoms with Crippen LogP contribution < -0.4 is 14.2 Å². The highest BCUT2D eigenvalue weighted by molar-refractivity contribution is 7.87. The summed E-state index contributed by atoms with van der Waals surface area (Å²) >= 11 is 0. The lowest BCUT2D eigenvalue weighted by molar-refractivity contribution is 0.174. The molecule has 0 aliphatic carbocycles. The van der Waals surface area contributed by atoms with Gasteiger partial charge in [0, 0.05) is 19.6 Å². The van der Waals surface area contributed by atoms with E-state index in [0.717, 1.165) is 42.7 Å². The summed E-state index contributed by atoms with van der Waals surface area (Å²) in [5.74, 6) is 1.47. The van der Waals surface area contributed by atoms with Crippen molar-refractivity contribution in [2.24, 2.45) is 0 Å². The van der Waals surface area contributed by atoms with E-state index in [1.807, 2.05) is 18.2 Å². The van der Waals surface area contributed by atoms with Crippen LogP contribution in [-0.2, 0) is 16.6 Å². The average Bonchev–Trinajstić information content (AvgIpc) is 2.78. The van der Waals surface area contributed by atoms with E-state index in [1.165, 1.54) is 0 Å². The second kappa shape index (κ2) is 6.85. The first-order valence-corrected chi connectivity index (χ1v) is 9.22. The molecule has 2 heterocycles. The first-order valence-electron chi connectivity index (χ1n) is 7.78. The van der Waals surface area contributed by atoms with Gasteiger partial charge in [-0.15, -0.1) is 0 Å². The van der Waals surface area contributed by atoms with Gasteiger partial charge in [-0.25, -0.2) is 4.72 Å². The number of fused-ring (bicyclic) bond motifs is 1. The summed E-state index contributed by atoms with van der Waals surface area (Å²) in [5.41, 5.74) is 1.03. The third kappa shape index (κ3) is 3.71. The Morgan fingerprint density at radius 1 is 1.05 bits per heavy atom. The monoisotopic (exact) mass is 326 g/mol. The number of nitrogens with one attached hydrogen (secondary N) is 1. The van der Waals surface area contributed by atoms with Crippen LogP contribution in [0.4, 0.5) is 0 Å². The second-order valence-electron chi connectivity index (χ2n) is 5.65. The van der Waals surface area contributed by atoms with Gasteiger partial charge >= 0.3 is 0 Å². The molecule has 3 rings (SSSR count). The van der Waals surface area contributed by atoms with Crippen molar-refractivity contribution < 1.29 is 17.9 Å². The summed E-state index contributed by atoms with van der Waals surface area (Å²) in [6, 6.07) is 5.71. The van der Waals surface area contributed by atoms with Gasteiger partial charge in [-0.2, -0.15) is 12.7 Å². The van der Waals surface area contributed by atoms with E-state index in [-0.39, 0.29) is 6.79 Å². The minimum atomic E-state index is -3.36. The topological polar surface area (TPSA) is 67.9 Å². The van der Waals surface area contributed by atoms with Crippen LogP contribution in [0.3, 0.4) is 0 Å². The van der Waals surface area contributed by atoms with Crippen molar-refractivity contribution >= 4 is 10.2 Å². The molecular weight excluding hydrogens is 304 g/mol. The lowest BCUT2D eigenvalue weighted by Crippen LogP contribution is -2.41. The van der Waals surface area contributed by atoms with Gasteiger partial charge in [0.05, 0.1) is 0 Å². The van der Waals surface area contributed by atoms with Crippen LogP contribution in [-0.4, -0.2) is 39.2 Å². The van der Waals surface area contributed by atoms with Crippen molar-refractivity contribution in [3.05, 3.63) is 23.8 Å². The molecule has 0 amide bonds. The molecule has 0 radical (unpaired) electrons. The SMILES string of the molecule is O=S(=O)(NCCc1ccc2c(c1)OCO2)N1CCCCCC1. The Bertz CT molecular complexity index is 610. The number of hydrogen-bond donors (Lipinski definition) is 1. The van der Waals surface area contributed by atoms with Crippen LogP contribution in [0.25, 0.3) is 0 Å². The maximum absolute atomic E-state index is 12.3. The van der Waals surface area contributed by atoms with Gasteiger partial charge in [0.1, 0.15) is 0 Å². The Hall–Kier alpha value is -1.31. The number of rotatable bonds is 5. The molecule has 1 saturated heterocycles. The van der Waals surface area contributed by atoms with Gasteiger partial charge < -0.3 is 9.47 Å². The summed E-state index contributed by atoms with van der Waals surface area (Å²) in [5, 5.41) is 0. The average molecular weight is 326 g/mol. The Morgan fingerprint density at radius 3 is 2.55 bits per heavy atom. The molecule has 1 aromatic carbocycles. The van der Waals surface area contributed by atoms with Crippen molar-refractivity contribution in [3.8, 4) is 11.5 Å². The molecule has 0 unspecified atom stereocenters. The number of hydrogen-bond acceptors (Lipinski definition) is 4. The molecule has 0 aromatic heterocycles. The smallest absolute Gasteiger partial charge is 0.279 e. The van der Waals surface area contributed by atoms with Gasteiger partial charge in [-0.05, 0) is 37.0 Å². The van der Waals surface area contributed by atoms with Crippen LogP contribution >= 0.6 is 0 Å². The minimum absolute atomic E-state index is 0.250. The second-order valence-corrected chi connectivity index (χ2v) is 7.41. The van der Waals surface area contributed by atoms with Gasteiger partial charge in [-0.1, -0.05) is 18.9 Å². The molecule has 0 bridgehead atoms. The summed E-state index contributed by atoms with van der Waals surface area (Å²) in [6.45, 7) is 1.89. The predicted molar refractivity (Wildman–Crippen MR) is 83.2 cm³/mol. The van der Waals surface area contributed by atoms with E-state index in [9.17, 15) is 8.42 Å². The molecule has 0 atom stereocenters. The van der Waals surface area contributed by atoms with Gasteiger partial charge in [0.2, 0.25) is 6.79 Å². The summed E-state index contributed by atoms with van der Waals surface area (Å²) in [6.07, 6.45) is 4.75. The summed E-state index contributed by atoms with van der Waals surface area (Å²) < 4.78 is 39.4. The van der Waals surface area contributed by atoms with Crippen LogP contribution in [0.15, 0.2) is 18.2 Å². The quantitative estimate of drug-likeness (QED) is 0.894. The van der Waals surface area contributed by atoms with E-state index < -0.39 is 10.2 Å². The van der Waals surface area contributed by atoms with E-state index in [1.54, 1.807) is 4.31 Å². The molecule has 22 heavy (non-hydrogen) atoms. The first kappa shape index (κ1) is 15.6. The molecule has 2 aliphatic rings. The highest BCUT2D eigenvalue weighted by atomic mass is 32.2. The Morgan fingerprint density at radius 2 is 1.77 bits per heavy atom. The Kier molecular flexibility index (Phi) is 4.85. The molecule has 2 aliphatic heterocycles. The molecule has 0 spiro atoms. The van der Waals surface area contributed by atoms with Crippen molar-refractivity contribution in [1.82, 2.24) is 9.03 Å². The largest absolute Gasteiger partial charge is 0.454 e. The standard InChI is InChI=1S/C15H22N2O4S/c18-22(19,17-9-3-1-2-4-10-17)16-8-7-13-5-6-14-15(11-13)21-12-20-14/h5-6,11,16H,1-4,7-10,12H2. The van der Waals surface area contributed by atoms with Crippen LogP contribution in [0, 0.1) is 0 Å². The zero-order chi connectivity index (χ0) is 15.4. The fourth-order valence-electron chi connectivity index (χ4n) is 2.79. The molecule has 1 aromatic rings. The maximum Gasteiger partial charge on any atom is 0.279 e. The highest BCUT2D eigenvalue weighted by Crippen LogP contribution is 2.32. The van der Waals surface area contributed by atoms with Crippen molar-refractivity contribution in [3.63, 3.8) is 0 Å². The highest BCUT2D eigenvalue weighted by Gasteiger charge is 2.22. The Balaban J connectivity index is 1.53. The number of benzene rings is 1. The zero-order valence-electron chi connectivity index (χ0n) is 12.6. The number of nitrogens with zero attached hydrogens (tertiary/aromatic N) is 1. The van der Waals surface area contributed by atoms with Crippen LogP contribution in [0.2, 0.25) is 0 Å². The van der Waals surface area contributed by atoms with Crippen molar-refractivity contribution in [1.29, 1.82) is 0 Å². The molecule has 6 nitrogen and oxygen atoms in total. The fraction of sp³-hybridized carbons (Fsp3) is 0.600. The first-order chi connectivity index (χ1) is 10.6. The van der Waals surface area contributed by atoms with Gasteiger partial charge in [0.25, 0.3) is 10.2 Å². The van der Waals surface area contributed by atoms with Crippen molar-refractivity contribution in [2.45, 2.75) is 32.1 Å². The molecule has 1 fully saturated rings. The molecule has 0 saturated carbocycles. The zero-order valence-corrected chi connectivity index (χ0v) is 13.4. The van der Waals surface area contributed by atoms with E-state index in [4.69, 9.17) is 9.47 Å². The fourth-order valence-corrected chi connectivity index (χ4v) is 4.08. The summed E-state index contributed by atoms with van der Waals surface area (Å²) in [4.78, 5) is 0. The maximum atomic E-state index is 12.3. The lowest BCUT2D eigenvalue weighted by Gasteiger charge is -2.20. The predicted octanol–water partition coefficient (Wildman–Crippen LogP) is 1.67. The summed E-state index contributed by atoms with van der Waals surface area (Å²) in [7, 11) is -3.36. The minimum Gasteiger partial charge on any atom is -0.454 e. The lowest BCUT2D eigenvalue weighted by atomic mass is 10.1. The third-order valence-corrected chi connectivity index (χ3v) is 5.65. The van der Waals surface area contributed by atoms with E-state index >= 15 is 0 Å². The molecule has 1 N–H and O–H groups in total. The van der Waals surface area contributed by atoms with Crippen molar-refractivity contribution in [2.75, 3.05) is 26.4 Å². The van der Waals surface area contributed by atoms with Gasteiger partial charge in [-0.3, -0.25) is 0 Å². The molecular formula is C15H22N2O4S. The molecule has 7 heteroatoms. The Labute approximate surface area is 131 Å². The molecule has 122 valence electrons. The van der Waals surface area contributed by atoms with E-state index in [2.05, 4.69) is 4.72 Å².